The molecule has 1 aromatic heterocycles. The summed E-state index contributed by atoms with van der Waals surface area (Å²) in [6, 6.07) is 33.1. The van der Waals surface area contributed by atoms with Crippen molar-refractivity contribution >= 4 is 34.2 Å². The van der Waals surface area contributed by atoms with Gasteiger partial charge in [-0.3, -0.25) is 0 Å². The molecule has 0 aliphatic rings. The number of hydrogen-bond donors (Lipinski definition) is 2. The lowest BCUT2D eigenvalue weighted by molar-refractivity contribution is -0.138. The maximum absolute atomic E-state index is 12.8. The van der Waals surface area contributed by atoms with E-state index in [4.69, 9.17) is 9.15 Å². The molecule has 1 unspecified atom stereocenters. The number of aliphatic carboxylic acids is 1. The maximum Gasteiger partial charge on any atom is 0.408 e. The topological polar surface area (TPSA) is 112 Å². The van der Waals surface area contributed by atoms with Crippen LogP contribution in [0.15, 0.2) is 108 Å². The number of rotatable bonds is 10. The summed E-state index contributed by atoms with van der Waals surface area (Å²) < 4.78 is 24.2. The van der Waals surface area contributed by atoms with Gasteiger partial charge in [-0.1, -0.05) is 97.1 Å². The number of carboxylic acids is 1. The molecule has 5 rings (SSSR count). The number of para-hydroxylation sites is 1. The zero-order chi connectivity index (χ0) is 31.3. The van der Waals surface area contributed by atoms with Gasteiger partial charge in [0.2, 0.25) is 0 Å². The number of fused-ring (bicyclic) bond motifs is 1. The lowest BCUT2D eigenvalue weighted by atomic mass is 9.96. The first kappa shape index (κ1) is 30.9. The molecular formula is C36H35NO6S. The van der Waals surface area contributed by atoms with E-state index in [-0.39, 0.29) is 11.5 Å². The molecule has 8 heteroatoms. The predicted octanol–water partition coefficient (Wildman–Crippen LogP) is 7.58. The monoisotopic (exact) mass is 609 g/mol. The highest BCUT2D eigenvalue weighted by Gasteiger charge is 2.28. The molecule has 0 saturated heterocycles. The van der Waals surface area contributed by atoms with Crippen LogP contribution in [0.4, 0.5) is 4.79 Å². The second-order valence-electron chi connectivity index (χ2n) is 11.6. The fourth-order valence-corrected chi connectivity index (χ4v) is 6.28. The van der Waals surface area contributed by atoms with E-state index in [0.717, 1.165) is 44.5 Å². The molecule has 1 heterocycles. The largest absolute Gasteiger partial charge is 0.616 e. The minimum Gasteiger partial charge on any atom is -0.616 e. The molecule has 0 bridgehead atoms. The highest BCUT2D eigenvalue weighted by Crippen LogP contribution is 2.37. The van der Waals surface area contributed by atoms with Gasteiger partial charge in [-0.05, 0) is 60.3 Å². The van der Waals surface area contributed by atoms with Gasteiger partial charge in [0.1, 0.15) is 28.5 Å². The molecule has 0 aliphatic carbocycles. The Labute approximate surface area is 260 Å². The third-order valence-electron chi connectivity index (χ3n) is 7.01. The third kappa shape index (κ3) is 7.89. The molecule has 226 valence electrons. The number of carbonyl (C=O) groups excluding carboxylic acids is 1. The van der Waals surface area contributed by atoms with Gasteiger partial charge in [-0.15, -0.1) is 0 Å². The van der Waals surface area contributed by atoms with Crippen molar-refractivity contribution < 1.29 is 28.4 Å². The first-order valence-electron chi connectivity index (χ1n) is 14.4. The van der Waals surface area contributed by atoms with Gasteiger partial charge in [-0.25, -0.2) is 9.59 Å². The average Bonchev–Trinajstić information content (AvgIpc) is 3.34. The van der Waals surface area contributed by atoms with Gasteiger partial charge >= 0.3 is 12.1 Å². The number of ether oxygens (including phenoxy) is 1. The summed E-state index contributed by atoms with van der Waals surface area (Å²) in [4.78, 5) is 23.7. The van der Waals surface area contributed by atoms with Gasteiger partial charge in [0.25, 0.3) is 0 Å². The Balaban J connectivity index is 1.27. The summed E-state index contributed by atoms with van der Waals surface area (Å²) in [7, 11) is 0. The Kier molecular flexibility index (Phi) is 9.42. The molecule has 2 N–H and O–H groups in total. The summed E-state index contributed by atoms with van der Waals surface area (Å²) in [6.45, 7) is 5.05. The van der Waals surface area contributed by atoms with Crippen LogP contribution in [-0.4, -0.2) is 39.1 Å². The number of benzene rings is 4. The van der Waals surface area contributed by atoms with Crippen molar-refractivity contribution in [2.24, 2.45) is 0 Å². The van der Waals surface area contributed by atoms with Gasteiger partial charge < -0.3 is 24.1 Å². The van der Waals surface area contributed by atoms with Crippen LogP contribution in [0.25, 0.3) is 33.2 Å². The molecule has 0 saturated carbocycles. The SMILES string of the molecule is CC(C)(C)OC(=O)N[C@@H](C[S+]([O-])Cc1ccc(-c2ccc(-c3c(Cc4ccccc4)oc4ccccc34)cc2)cc1)C(=O)O. The quantitative estimate of drug-likeness (QED) is 0.158. The number of alkyl carbamates (subject to hydrolysis) is 1. The molecule has 4 aromatic carbocycles. The zero-order valence-corrected chi connectivity index (χ0v) is 25.7. The van der Waals surface area contributed by atoms with Crippen molar-refractivity contribution in [1.82, 2.24) is 5.32 Å². The van der Waals surface area contributed by atoms with E-state index in [1.807, 2.05) is 60.7 Å². The molecule has 2 atom stereocenters. The van der Waals surface area contributed by atoms with E-state index in [1.165, 1.54) is 5.56 Å². The van der Waals surface area contributed by atoms with Crippen molar-refractivity contribution in [3.8, 4) is 22.3 Å². The highest BCUT2D eigenvalue weighted by molar-refractivity contribution is 7.90. The Morgan fingerprint density at radius 2 is 1.43 bits per heavy atom. The fourth-order valence-electron chi connectivity index (χ4n) is 5.00. The third-order valence-corrected chi connectivity index (χ3v) is 8.37. The Hall–Kier alpha value is -4.53. The molecule has 0 fully saturated rings. The van der Waals surface area contributed by atoms with E-state index < -0.39 is 34.9 Å². The molecule has 0 spiro atoms. The zero-order valence-electron chi connectivity index (χ0n) is 24.9. The smallest absolute Gasteiger partial charge is 0.408 e. The fraction of sp³-hybridized carbons (Fsp3) is 0.222. The van der Waals surface area contributed by atoms with Gasteiger partial charge in [0, 0.05) is 22.9 Å². The first-order valence-corrected chi connectivity index (χ1v) is 15.9. The van der Waals surface area contributed by atoms with Crippen LogP contribution in [0.3, 0.4) is 0 Å². The van der Waals surface area contributed by atoms with Crippen LogP contribution in [0.1, 0.15) is 37.7 Å². The van der Waals surface area contributed by atoms with Crippen LogP contribution in [-0.2, 0) is 32.9 Å². The maximum atomic E-state index is 12.8. The van der Waals surface area contributed by atoms with Crippen molar-refractivity contribution in [1.29, 1.82) is 0 Å². The summed E-state index contributed by atoms with van der Waals surface area (Å²) >= 11 is -1.52. The van der Waals surface area contributed by atoms with Crippen LogP contribution in [0, 0.1) is 0 Å². The summed E-state index contributed by atoms with van der Waals surface area (Å²) in [5.41, 5.74) is 6.28. The lowest BCUT2D eigenvalue weighted by Gasteiger charge is -2.22. The normalized spacial score (nSPS) is 12.9. The van der Waals surface area contributed by atoms with E-state index >= 15 is 0 Å². The minimum atomic E-state index is -1.52. The number of hydrogen-bond acceptors (Lipinski definition) is 5. The van der Waals surface area contributed by atoms with E-state index in [1.54, 1.807) is 20.8 Å². The van der Waals surface area contributed by atoms with Crippen molar-refractivity contribution in [2.45, 2.75) is 44.6 Å². The van der Waals surface area contributed by atoms with E-state index in [9.17, 15) is 19.2 Å². The number of carboxylic acid groups (broad SMARTS) is 1. The van der Waals surface area contributed by atoms with E-state index in [2.05, 4.69) is 47.8 Å². The Morgan fingerprint density at radius 3 is 2.07 bits per heavy atom. The van der Waals surface area contributed by atoms with Gasteiger partial charge in [0.05, 0.1) is 0 Å². The molecule has 1 amide bonds. The molecule has 44 heavy (non-hydrogen) atoms. The van der Waals surface area contributed by atoms with Gasteiger partial charge in [-0.2, -0.15) is 0 Å². The highest BCUT2D eigenvalue weighted by atomic mass is 32.2. The number of furan rings is 1. The van der Waals surface area contributed by atoms with Crippen molar-refractivity contribution in [3.05, 3.63) is 120 Å². The lowest BCUT2D eigenvalue weighted by Crippen LogP contribution is -2.47. The molecule has 7 nitrogen and oxygen atoms in total. The van der Waals surface area contributed by atoms with Crippen LogP contribution in [0.5, 0.6) is 0 Å². The average molecular weight is 610 g/mol. The second-order valence-corrected chi connectivity index (χ2v) is 13.1. The molecular weight excluding hydrogens is 574 g/mol. The summed E-state index contributed by atoms with van der Waals surface area (Å²) in [5, 5.41) is 12.9. The minimum absolute atomic E-state index is 0.163. The molecule has 0 radical (unpaired) electrons. The van der Waals surface area contributed by atoms with Crippen molar-refractivity contribution in [3.63, 3.8) is 0 Å². The van der Waals surface area contributed by atoms with Crippen molar-refractivity contribution in [2.75, 3.05) is 5.75 Å². The Bertz CT molecular complexity index is 1720. The number of nitrogens with one attached hydrogen (secondary N) is 1. The standard InChI is InChI=1S/C36H35NO6S/c1-36(2,3)43-35(40)37-30(34(38)39)23-44(41)22-25-13-15-26(16-14-25)27-17-19-28(20-18-27)33-29-11-7-8-12-31(29)42-32(33)21-24-9-5-4-6-10-24/h4-20,30H,21-23H2,1-3H3,(H,37,40)(H,38,39)/t30-,44?/m0/s1. The summed E-state index contributed by atoms with van der Waals surface area (Å²) in [5.74, 6) is -0.406. The predicted molar refractivity (Wildman–Crippen MR) is 174 cm³/mol. The Morgan fingerprint density at radius 1 is 0.841 bits per heavy atom. The molecule has 5 aromatic rings. The van der Waals surface area contributed by atoms with Gasteiger partial charge in [0.15, 0.2) is 6.04 Å². The van der Waals surface area contributed by atoms with Crippen LogP contribution in [0.2, 0.25) is 0 Å². The number of carbonyl (C=O) groups is 2. The molecule has 0 aliphatic heterocycles. The van der Waals surface area contributed by atoms with Crippen LogP contribution < -0.4 is 5.32 Å². The number of amides is 1. The van der Waals surface area contributed by atoms with Crippen LogP contribution >= 0.6 is 0 Å². The first-order chi connectivity index (χ1) is 21.1. The second kappa shape index (κ2) is 13.4. The van der Waals surface area contributed by atoms with E-state index in [0.29, 0.717) is 6.42 Å². The summed E-state index contributed by atoms with van der Waals surface area (Å²) in [6.07, 6.45) is -0.162.